The summed E-state index contributed by atoms with van der Waals surface area (Å²) in [6.45, 7) is 4.51. The van der Waals surface area contributed by atoms with E-state index >= 15 is 0 Å². The van der Waals surface area contributed by atoms with Gasteiger partial charge in [0, 0.05) is 17.6 Å². The van der Waals surface area contributed by atoms with Crippen molar-refractivity contribution in [2.24, 2.45) is 5.73 Å². The lowest BCUT2D eigenvalue weighted by molar-refractivity contribution is 0.187. The lowest BCUT2D eigenvalue weighted by Gasteiger charge is -2.34. The van der Waals surface area contributed by atoms with Gasteiger partial charge in [-0.15, -0.1) is 0 Å². The summed E-state index contributed by atoms with van der Waals surface area (Å²) in [6.07, 6.45) is 6.65. The van der Waals surface area contributed by atoms with E-state index < -0.39 is 0 Å². The van der Waals surface area contributed by atoms with Gasteiger partial charge in [0.05, 0.1) is 11.6 Å². The second-order valence-electron chi connectivity index (χ2n) is 6.06. The maximum Gasteiger partial charge on any atom is 0.0750 e. The SMILES string of the molecule is CCCN1CCCCC(N)C1c1cccc2cccnc12. The third-order valence-corrected chi connectivity index (χ3v) is 4.53. The van der Waals surface area contributed by atoms with Crippen molar-refractivity contribution in [1.82, 2.24) is 9.88 Å². The molecule has 1 aliphatic rings. The van der Waals surface area contributed by atoms with Crippen LogP contribution in [0.25, 0.3) is 10.9 Å². The van der Waals surface area contributed by atoms with Gasteiger partial charge in [-0.1, -0.05) is 37.6 Å². The highest BCUT2D eigenvalue weighted by Gasteiger charge is 2.29. The maximum absolute atomic E-state index is 6.55. The minimum atomic E-state index is 0.201. The molecule has 2 heterocycles. The minimum absolute atomic E-state index is 0.201. The van der Waals surface area contributed by atoms with Gasteiger partial charge < -0.3 is 5.73 Å². The molecule has 1 aliphatic heterocycles. The smallest absolute Gasteiger partial charge is 0.0750 e. The van der Waals surface area contributed by atoms with E-state index in [0.29, 0.717) is 6.04 Å². The number of nitrogens with zero attached hydrogens (tertiary/aromatic N) is 2. The van der Waals surface area contributed by atoms with E-state index in [0.717, 1.165) is 25.0 Å². The molecule has 0 amide bonds. The molecule has 2 unspecified atom stereocenters. The third-order valence-electron chi connectivity index (χ3n) is 4.53. The lowest BCUT2D eigenvalue weighted by Crippen LogP contribution is -2.40. The first-order valence-electron chi connectivity index (χ1n) is 8.14. The van der Waals surface area contributed by atoms with E-state index in [9.17, 15) is 0 Å². The average Bonchev–Trinajstić information content (AvgIpc) is 2.69. The van der Waals surface area contributed by atoms with Crippen molar-refractivity contribution in [1.29, 1.82) is 0 Å². The van der Waals surface area contributed by atoms with Gasteiger partial charge in [0.1, 0.15) is 0 Å². The molecule has 3 heteroatoms. The van der Waals surface area contributed by atoms with Gasteiger partial charge in [-0.25, -0.2) is 0 Å². The summed E-state index contributed by atoms with van der Waals surface area (Å²) in [6, 6.07) is 11.1. The van der Waals surface area contributed by atoms with Crippen LogP contribution in [0.4, 0.5) is 0 Å². The number of pyridine rings is 1. The highest BCUT2D eigenvalue weighted by molar-refractivity contribution is 5.82. The Hall–Kier alpha value is -1.45. The van der Waals surface area contributed by atoms with Crippen molar-refractivity contribution < 1.29 is 0 Å². The second-order valence-corrected chi connectivity index (χ2v) is 6.06. The Balaban J connectivity index is 2.07. The van der Waals surface area contributed by atoms with Crippen molar-refractivity contribution >= 4 is 10.9 Å². The number of hydrogen-bond acceptors (Lipinski definition) is 3. The summed E-state index contributed by atoms with van der Waals surface area (Å²) in [5.74, 6) is 0. The van der Waals surface area contributed by atoms with Crippen LogP contribution in [0.5, 0.6) is 0 Å². The molecule has 2 aromatic rings. The normalized spacial score (nSPS) is 24.1. The van der Waals surface area contributed by atoms with E-state index in [2.05, 4.69) is 41.1 Å². The number of nitrogens with two attached hydrogens (primary N) is 1. The molecule has 2 N–H and O–H groups in total. The van der Waals surface area contributed by atoms with E-state index in [4.69, 9.17) is 5.73 Å². The average molecular weight is 283 g/mol. The van der Waals surface area contributed by atoms with Crippen LogP contribution in [0.1, 0.15) is 44.2 Å². The summed E-state index contributed by atoms with van der Waals surface area (Å²) in [5, 5.41) is 1.21. The Labute approximate surface area is 127 Å². The van der Waals surface area contributed by atoms with Crippen molar-refractivity contribution in [2.45, 2.75) is 44.7 Å². The van der Waals surface area contributed by atoms with Gasteiger partial charge in [0.2, 0.25) is 0 Å². The molecule has 3 rings (SSSR count). The standard InChI is InChI=1S/C18H25N3/c1-2-12-21-13-4-3-10-16(19)18(21)15-9-5-7-14-8-6-11-20-17(14)15/h5-9,11,16,18H,2-4,10,12-13,19H2,1H3. The first-order valence-corrected chi connectivity index (χ1v) is 8.14. The molecule has 1 aromatic carbocycles. The largest absolute Gasteiger partial charge is 0.326 e. The minimum Gasteiger partial charge on any atom is -0.326 e. The van der Waals surface area contributed by atoms with Crippen LogP contribution in [0, 0.1) is 0 Å². The van der Waals surface area contributed by atoms with Crippen molar-refractivity contribution in [3.8, 4) is 0 Å². The number of hydrogen-bond donors (Lipinski definition) is 1. The zero-order valence-corrected chi connectivity index (χ0v) is 12.8. The molecule has 2 atom stereocenters. The number of para-hydroxylation sites is 1. The second kappa shape index (κ2) is 6.54. The molecular formula is C18H25N3. The molecule has 1 saturated heterocycles. The van der Waals surface area contributed by atoms with Crippen LogP contribution < -0.4 is 5.73 Å². The van der Waals surface area contributed by atoms with Crippen molar-refractivity contribution in [3.63, 3.8) is 0 Å². The fourth-order valence-electron chi connectivity index (χ4n) is 3.59. The maximum atomic E-state index is 6.55. The highest BCUT2D eigenvalue weighted by atomic mass is 15.2. The predicted octanol–water partition coefficient (Wildman–Crippen LogP) is 3.50. The zero-order valence-electron chi connectivity index (χ0n) is 12.8. The molecule has 0 aliphatic carbocycles. The number of likely N-dealkylation sites (tertiary alicyclic amines) is 1. The number of rotatable bonds is 3. The van der Waals surface area contributed by atoms with E-state index in [1.54, 1.807) is 0 Å². The summed E-state index contributed by atoms with van der Waals surface area (Å²) in [7, 11) is 0. The Morgan fingerprint density at radius 3 is 2.95 bits per heavy atom. The van der Waals surface area contributed by atoms with Crippen molar-refractivity contribution in [2.75, 3.05) is 13.1 Å². The molecular weight excluding hydrogens is 258 g/mol. The first-order chi connectivity index (χ1) is 10.3. The topological polar surface area (TPSA) is 42.1 Å². The van der Waals surface area contributed by atoms with Crippen LogP contribution in [0.2, 0.25) is 0 Å². The lowest BCUT2D eigenvalue weighted by atomic mass is 9.94. The molecule has 112 valence electrons. The number of aromatic nitrogens is 1. The Bertz CT molecular complexity index is 591. The predicted molar refractivity (Wildman–Crippen MR) is 88.2 cm³/mol. The first kappa shape index (κ1) is 14.5. The molecule has 3 nitrogen and oxygen atoms in total. The summed E-state index contributed by atoms with van der Waals surface area (Å²) in [5.41, 5.74) is 8.97. The van der Waals surface area contributed by atoms with Gasteiger partial charge in [0.25, 0.3) is 0 Å². The molecule has 0 saturated carbocycles. The highest BCUT2D eigenvalue weighted by Crippen LogP contribution is 2.33. The van der Waals surface area contributed by atoms with Crippen molar-refractivity contribution in [3.05, 3.63) is 42.1 Å². The van der Waals surface area contributed by atoms with Gasteiger partial charge in [0.15, 0.2) is 0 Å². The van der Waals surface area contributed by atoms with E-state index in [-0.39, 0.29) is 6.04 Å². The van der Waals surface area contributed by atoms with Crippen LogP contribution in [-0.4, -0.2) is 29.0 Å². The van der Waals surface area contributed by atoms with E-state index in [1.165, 1.54) is 30.2 Å². The molecule has 1 fully saturated rings. The number of fused-ring (bicyclic) bond motifs is 1. The fraction of sp³-hybridized carbons (Fsp3) is 0.500. The monoisotopic (exact) mass is 283 g/mol. The van der Waals surface area contributed by atoms with Crippen LogP contribution >= 0.6 is 0 Å². The number of benzene rings is 1. The van der Waals surface area contributed by atoms with Crippen LogP contribution in [0.3, 0.4) is 0 Å². The Morgan fingerprint density at radius 2 is 2.10 bits per heavy atom. The molecule has 0 spiro atoms. The Kier molecular flexibility index (Phi) is 4.51. The Morgan fingerprint density at radius 1 is 1.24 bits per heavy atom. The van der Waals surface area contributed by atoms with Gasteiger partial charge in [-0.3, -0.25) is 9.88 Å². The fourth-order valence-corrected chi connectivity index (χ4v) is 3.59. The molecule has 21 heavy (non-hydrogen) atoms. The zero-order chi connectivity index (χ0) is 14.7. The van der Waals surface area contributed by atoms with E-state index in [1.807, 2.05) is 12.3 Å². The summed E-state index contributed by atoms with van der Waals surface area (Å²) < 4.78 is 0. The quantitative estimate of drug-likeness (QED) is 0.937. The van der Waals surface area contributed by atoms with Gasteiger partial charge in [-0.05, 0) is 44.0 Å². The summed E-state index contributed by atoms with van der Waals surface area (Å²) >= 11 is 0. The van der Waals surface area contributed by atoms with Crippen LogP contribution in [-0.2, 0) is 0 Å². The summed E-state index contributed by atoms with van der Waals surface area (Å²) in [4.78, 5) is 7.20. The van der Waals surface area contributed by atoms with Crippen LogP contribution in [0.15, 0.2) is 36.5 Å². The molecule has 0 radical (unpaired) electrons. The molecule has 0 bridgehead atoms. The van der Waals surface area contributed by atoms with Gasteiger partial charge >= 0.3 is 0 Å². The van der Waals surface area contributed by atoms with Gasteiger partial charge in [-0.2, -0.15) is 0 Å². The molecule has 1 aromatic heterocycles. The third kappa shape index (κ3) is 2.94.